The third-order valence-corrected chi connectivity index (χ3v) is 5.60. The lowest BCUT2D eigenvalue weighted by Gasteiger charge is -2.34. The van der Waals surface area contributed by atoms with Crippen molar-refractivity contribution in [3.8, 4) is 5.75 Å². The van der Waals surface area contributed by atoms with Gasteiger partial charge in [-0.05, 0) is 60.6 Å². The maximum Gasteiger partial charge on any atom is 0.173 e. The van der Waals surface area contributed by atoms with Gasteiger partial charge in [-0.1, -0.05) is 12.1 Å². The molecule has 2 heterocycles. The Morgan fingerprint density at radius 3 is 2.85 bits per heavy atom. The third-order valence-electron chi connectivity index (χ3n) is 5.24. The number of hydrogen-bond donors (Lipinski definition) is 2. The van der Waals surface area contributed by atoms with E-state index in [-0.39, 0.29) is 0 Å². The number of benzene rings is 2. The Hall–Kier alpha value is -2.11. The lowest BCUT2D eigenvalue weighted by atomic mass is 10.1. The molecular formula is C21H26N3OS+. The molecule has 4 rings (SSSR count). The Morgan fingerprint density at radius 1 is 1.19 bits per heavy atom. The standard InChI is InChI=1S/C21H25N3OS/c1-16-3-2-4-19(13-16)22-21(26)24-10-8-23(9-11-24)15-17-5-6-20-18(14-17)7-12-25-20/h2-6,13-14H,7-12,15H2,1H3,(H,22,26)/p+1. The molecule has 1 fully saturated rings. The minimum atomic E-state index is 0.829. The van der Waals surface area contributed by atoms with Gasteiger partial charge in [0.2, 0.25) is 0 Å². The van der Waals surface area contributed by atoms with E-state index in [1.165, 1.54) is 16.7 Å². The molecule has 0 unspecified atom stereocenters. The van der Waals surface area contributed by atoms with Gasteiger partial charge in [-0.25, -0.2) is 0 Å². The minimum absolute atomic E-state index is 0.829. The summed E-state index contributed by atoms with van der Waals surface area (Å²) in [6, 6.07) is 15.0. The zero-order valence-corrected chi connectivity index (χ0v) is 16.1. The molecule has 0 aromatic heterocycles. The van der Waals surface area contributed by atoms with Crippen LogP contribution in [0.25, 0.3) is 0 Å². The molecule has 0 bridgehead atoms. The first-order valence-electron chi connectivity index (χ1n) is 9.38. The van der Waals surface area contributed by atoms with Crippen LogP contribution >= 0.6 is 12.2 Å². The van der Waals surface area contributed by atoms with Gasteiger partial charge < -0.3 is 19.9 Å². The molecule has 1 saturated heterocycles. The fourth-order valence-electron chi connectivity index (χ4n) is 3.77. The summed E-state index contributed by atoms with van der Waals surface area (Å²) in [5, 5.41) is 4.22. The number of fused-ring (bicyclic) bond motifs is 1. The molecule has 2 aromatic rings. The largest absolute Gasteiger partial charge is 0.493 e. The van der Waals surface area contributed by atoms with Crippen molar-refractivity contribution in [3.05, 3.63) is 59.2 Å². The fourth-order valence-corrected chi connectivity index (χ4v) is 4.07. The van der Waals surface area contributed by atoms with Crippen LogP contribution in [0.5, 0.6) is 5.75 Å². The van der Waals surface area contributed by atoms with Gasteiger partial charge in [0.05, 0.1) is 32.8 Å². The lowest BCUT2D eigenvalue weighted by Crippen LogP contribution is -3.13. The molecule has 2 aliphatic rings. The molecule has 26 heavy (non-hydrogen) atoms. The Balaban J connectivity index is 1.29. The zero-order chi connectivity index (χ0) is 17.9. The second-order valence-electron chi connectivity index (χ2n) is 7.25. The summed E-state index contributed by atoms with van der Waals surface area (Å²) in [7, 11) is 0. The van der Waals surface area contributed by atoms with Crippen LogP contribution in [-0.2, 0) is 13.0 Å². The molecule has 0 saturated carbocycles. The Bertz CT molecular complexity index is 800. The van der Waals surface area contributed by atoms with Crippen LogP contribution in [0.4, 0.5) is 5.69 Å². The van der Waals surface area contributed by atoms with E-state index in [9.17, 15) is 0 Å². The summed E-state index contributed by atoms with van der Waals surface area (Å²) in [5.74, 6) is 1.07. The van der Waals surface area contributed by atoms with E-state index < -0.39 is 0 Å². The topological polar surface area (TPSA) is 28.9 Å². The number of anilines is 1. The minimum Gasteiger partial charge on any atom is -0.493 e. The predicted octanol–water partition coefficient (Wildman–Crippen LogP) is 2.03. The van der Waals surface area contributed by atoms with Crippen molar-refractivity contribution in [2.45, 2.75) is 19.9 Å². The van der Waals surface area contributed by atoms with Crippen molar-refractivity contribution in [3.63, 3.8) is 0 Å². The molecule has 2 N–H and O–H groups in total. The van der Waals surface area contributed by atoms with E-state index in [2.05, 4.69) is 59.6 Å². The number of hydrogen-bond acceptors (Lipinski definition) is 2. The first kappa shape index (κ1) is 17.3. The summed E-state index contributed by atoms with van der Waals surface area (Å²) < 4.78 is 5.61. The molecular weight excluding hydrogens is 342 g/mol. The Morgan fingerprint density at radius 2 is 2.04 bits per heavy atom. The Kier molecular flexibility index (Phi) is 5.09. The number of nitrogens with zero attached hydrogens (tertiary/aromatic N) is 1. The van der Waals surface area contributed by atoms with Crippen LogP contribution in [0.15, 0.2) is 42.5 Å². The summed E-state index contributed by atoms with van der Waals surface area (Å²) in [6.45, 7) is 8.24. The van der Waals surface area contributed by atoms with E-state index in [1.54, 1.807) is 4.90 Å². The second kappa shape index (κ2) is 7.64. The molecule has 2 aliphatic heterocycles. The van der Waals surface area contributed by atoms with Crippen LogP contribution in [-0.4, -0.2) is 42.8 Å². The van der Waals surface area contributed by atoms with Gasteiger partial charge in [-0.2, -0.15) is 0 Å². The molecule has 0 amide bonds. The van der Waals surface area contributed by atoms with E-state index in [0.717, 1.165) is 62.3 Å². The quantitative estimate of drug-likeness (QED) is 0.812. The number of aryl methyl sites for hydroxylation is 1. The average Bonchev–Trinajstić information content (AvgIpc) is 3.10. The van der Waals surface area contributed by atoms with E-state index in [1.807, 2.05) is 0 Å². The van der Waals surface area contributed by atoms with Crippen molar-refractivity contribution in [2.75, 3.05) is 38.1 Å². The smallest absolute Gasteiger partial charge is 0.173 e. The SMILES string of the molecule is Cc1cccc(NC(=S)N2CC[NH+](Cc3ccc4c(c3)CCO4)CC2)c1. The van der Waals surface area contributed by atoms with Crippen molar-refractivity contribution >= 4 is 23.0 Å². The van der Waals surface area contributed by atoms with Gasteiger partial charge >= 0.3 is 0 Å². The van der Waals surface area contributed by atoms with Gasteiger partial charge in [-0.15, -0.1) is 0 Å². The highest BCUT2D eigenvalue weighted by Gasteiger charge is 2.22. The maximum atomic E-state index is 5.61. The molecule has 0 radical (unpaired) electrons. The van der Waals surface area contributed by atoms with E-state index in [4.69, 9.17) is 17.0 Å². The number of piperazine rings is 1. The van der Waals surface area contributed by atoms with Crippen LogP contribution in [0, 0.1) is 6.92 Å². The summed E-state index contributed by atoms with van der Waals surface area (Å²) in [5.41, 5.74) is 5.10. The summed E-state index contributed by atoms with van der Waals surface area (Å²) in [6.07, 6.45) is 1.05. The lowest BCUT2D eigenvalue weighted by molar-refractivity contribution is -0.917. The van der Waals surface area contributed by atoms with Gasteiger partial charge in [0, 0.05) is 17.7 Å². The fraction of sp³-hybridized carbons (Fsp3) is 0.381. The van der Waals surface area contributed by atoms with Crippen molar-refractivity contribution in [1.82, 2.24) is 4.90 Å². The number of rotatable bonds is 3. The highest BCUT2D eigenvalue weighted by atomic mass is 32.1. The summed E-state index contributed by atoms with van der Waals surface area (Å²) >= 11 is 5.61. The third kappa shape index (κ3) is 4.00. The van der Waals surface area contributed by atoms with Gasteiger partial charge in [0.15, 0.2) is 5.11 Å². The van der Waals surface area contributed by atoms with E-state index >= 15 is 0 Å². The summed E-state index contributed by atoms with van der Waals surface area (Å²) in [4.78, 5) is 3.91. The molecule has 0 spiro atoms. The highest BCUT2D eigenvalue weighted by molar-refractivity contribution is 7.80. The normalized spacial score (nSPS) is 16.9. The molecule has 5 heteroatoms. The monoisotopic (exact) mass is 368 g/mol. The molecule has 0 atom stereocenters. The van der Waals surface area contributed by atoms with E-state index in [0.29, 0.717) is 0 Å². The Labute approximate surface area is 160 Å². The van der Waals surface area contributed by atoms with Gasteiger partial charge in [-0.3, -0.25) is 0 Å². The van der Waals surface area contributed by atoms with Crippen LogP contribution in [0.3, 0.4) is 0 Å². The number of ether oxygens (including phenoxy) is 1. The number of nitrogens with one attached hydrogen (secondary N) is 2. The molecule has 4 nitrogen and oxygen atoms in total. The van der Waals surface area contributed by atoms with Gasteiger partial charge in [0.1, 0.15) is 12.3 Å². The molecule has 136 valence electrons. The molecule has 0 aliphatic carbocycles. The highest BCUT2D eigenvalue weighted by Crippen LogP contribution is 2.25. The van der Waals surface area contributed by atoms with Crippen molar-refractivity contribution in [2.24, 2.45) is 0 Å². The van der Waals surface area contributed by atoms with Gasteiger partial charge in [0.25, 0.3) is 0 Å². The zero-order valence-electron chi connectivity index (χ0n) is 15.3. The number of quaternary nitrogens is 1. The first-order chi connectivity index (χ1) is 12.7. The second-order valence-corrected chi connectivity index (χ2v) is 7.64. The van der Waals surface area contributed by atoms with Crippen molar-refractivity contribution in [1.29, 1.82) is 0 Å². The van der Waals surface area contributed by atoms with Crippen molar-refractivity contribution < 1.29 is 9.64 Å². The first-order valence-corrected chi connectivity index (χ1v) is 9.79. The van der Waals surface area contributed by atoms with Crippen LogP contribution < -0.4 is 15.0 Å². The number of thiocarbonyl (C=S) groups is 1. The average molecular weight is 369 g/mol. The van der Waals surface area contributed by atoms with Crippen LogP contribution in [0.2, 0.25) is 0 Å². The predicted molar refractivity (Wildman–Crippen MR) is 109 cm³/mol. The maximum absolute atomic E-state index is 5.61. The van der Waals surface area contributed by atoms with Crippen LogP contribution in [0.1, 0.15) is 16.7 Å². The molecule has 2 aromatic carbocycles.